The highest BCUT2D eigenvalue weighted by Gasteiger charge is 2.16. The lowest BCUT2D eigenvalue weighted by Gasteiger charge is -2.19. The van der Waals surface area contributed by atoms with Gasteiger partial charge >= 0.3 is 6.09 Å². The summed E-state index contributed by atoms with van der Waals surface area (Å²) in [7, 11) is 0. The molecule has 1 amide bonds. The van der Waals surface area contributed by atoms with E-state index >= 15 is 0 Å². The molecule has 0 atom stereocenters. The molecule has 0 saturated heterocycles. The molecule has 94 valence electrons. The van der Waals surface area contributed by atoms with Gasteiger partial charge in [0.25, 0.3) is 0 Å². The van der Waals surface area contributed by atoms with Gasteiger partial charge in [-0.2, -0.15) is 0 Å². The zero-order valence-corrected chi connectivity index (χ0v) is 11.2. The van der Waals surface area contributed by atoms with Gasteiger partial charge in [-0.15, -0.1) is 11.8 Å². The van der Waals surface area contributed by atoms with Gasteiger partial charge in [0.2, 0.25) is 0 Å². The number of amides is 1. The topological polar surface area (TPSA) is 58.6 Å². The Morgan fingerprint density at radius 3 is 2.59 bits per heavy atom. The quantitative estimate of drug-likeness (QED) is 0.627. The molecule has 2 N–H and O–H groups in total. The van der Waals surface area contributed by atoms with Crippen LogP contribution in [0.2, 0.25) is 0 Å². The van der Waals surface area contributed by atoms with Gasteiger partial charge in [0.15, 0.2) is 0 Å². The Balaban J connectivity index is 2.72. The maximum atomic E-state index is 11.5. The van der Waals surface area contributed by atoms with Crippen LogP contribution in [0.4, 0.5) is 10.5 Å². The van der Waals surface area contributed by atoms with Gasteiger partial charge in [0, 0.05) is 5.69 Å². The zero-order chi connectivity index (χ0) is 13.1. The molecule has 0 unspecified atom stereocenters. The number of aromatic hydroxyl groups is 1. The number of phenolic OH excluding ortho intramolecular Hbond substituents is 1. The van der Waals surface area contributed by atoms with Crippen molar-refractivity contribution in [3.8, 4) is 5.75 Å². The number of carbonyl (C=O) groups is 1. The van der Waals surface area contributed by atoms with E-state index in [2.05, 4.69) is 5.32 Å². The molecule has 0 aliphatic rings. The number of hydrogen-bond acceptors (Lipinski definition) is 4. The molecule has 1 aromatic rings. The number of rotatable bonds is 2. The molecule has 5 heteroatoms. The maximum Gasteiger partial charge on any atom is 0.412 e. The van der Waals surface area contributed by atoms with Crippen LogP contribution in [0.25, 0.3) is 0 Å². The van der Waals surface area contributed by atoms with Crippen molar-refractivity contribution in [2.45, 2.75) is 31.3 Å². The average Bonchev–Trinajstić information content (AvgIpc) is 2.18. The first-order chi connectivity index (χ1) is 7.81. The van der Waals surface area contributed by atoms with E-state index in [9.17, 15) is 9.90 Å². The second kappa shape index (κ2) is 5.31. The summed E-state index contributed by atoms with van der Waals surface area (Å²) in [5.41, 5.74) is 0.0741. The molecule has 0 fully saturated rings. The number of benzene rings is 1. The minimum absolute atomic E-state index is 0.201. The van der Waals surface area contributed by atoms with Gasteiger partial charge in [0.1, 0.15) is 11.4 Å². The molecular weight excluding hydrogens is 238 g/mol. The molecule has 0 saturated carbocycles. The molecule has 1 rings (SSSR count). The summed E-state index contributed by atoms with van der Waals surface area (Å²) in [5.74, 6) is 0.201. The van der Waals surface area contributed by atoms with E-state index in [1.165, 1.54) is 11.8 Å². The molecule has 4 nitrogen and oxygen atoms in total. The van der Waals surface area contributed by atoms with Crippen LogP contribution in [0.3, 0.4) is 0 Å². The molecule has 0 aliphatic heterocycles. The van der Waals surface area contributed by atoms with Gasteiger partial charge in [-0.05, 0) is 45.2 Å². The predicted octanol–water partition coefficient (Wildman–Crippen LogP) is 3.46. The van der Waals surface area contributed by atoms with E-state index in [0.29, 0.717) is 10.6 Å². The van der Waals surface area contributed by atoms with Crippen LogP contribution in [0.5, 0.6) is 5.75 Å². The predicted molar refractivity (Wildman–Crippen MR) is 69.7 cm³/mol. The Hall–Kier alpha value is -1.36. The number of phenols is 1. The summed E-state index contributed by atoms with van der Waals surface area (Å²) in [6.07, 6.45) is 1.35. The Labute approximate surface area is 105 Å². The van der Waals surface area contributed by atoms with Crippen molar-refractivity contribution in [3.63, 3.8) is 0 Å². The van der Waals surface area contributed by atoms with Gasteiger partial charge < -0.3 is 9.84 Å². The molecular formula is C12H17NO3S. The third kappa shape index (κ3) is 4.56. The lowest BCUT2D eigenvalue weighted by atomic mass is 10.2. The summed E-state index contributed by atoms with van der Waals surface area (Å²) in [4.78, 5) is 12.2. The van der Waals surface area contributed by atoms with E-state index in [1.807, 2.05) is 6.26 Å². The first-order valence-corrected chi connectivity index (χ1v) is 6.41. The van der Waals surface area contributed by atoms with E-state index in [1.54, 1.807) is 39.0 Å². The zero-order valence-electron chi connectivity index (χ0n) is 10.4. The van der Waals surface area contributed by atoms with Crippen LogP contribution in [-0.2, 0) is 4.74 Å². The second-order valence-corrected chi connectivity index (χ2v) is 5.36. The third-order valence-corrected chi connectivity index (χ3v) is 2.59. The van der Waals surface area contributed by atoms with Crippen molar-refractivity contribution in [1.29, 1.82) is 0 Å². The minimum atomic E-state index is -0.524. The van der Waals surface area contributed by atoms with Crippen LogP contribution in [0, 0.1) is 0 Å². The number of hydrogen-bond donors (Lipinski definition) is 2. The van der Waals surface area contributed by atoms with Gasteiger partial charge in [-0.1, -0.05) is 0 Å². The molecule has 0 bridgehead atoms. The fourth-order valence-corrected chi connectivity index (χ4v) is 1.70. The SMILES string of the molecule is CSc1cc(NC(=O)OC(C)(C)C)ccc1O. The molecule has 0 spiro atoms. The standard InChI is InChI=1S/C12H17NO3S/c1-12(2,3)16-11(15)13-8-5-6-9(14)10(7-8)17-4/h5-7,14H,1-4H3,(H,13,15). The van der Waals surface area contributed by atoms with Crippen LogP contribution < -0.4 is 5.32 Å². The van der Waals surface area contributed by atoms with Crippen molar-refractivity contribution in [1.82, 2.24) is 0 Å². The highest BCUT2D eigenvalue weighted by Crippen LogP contribution is 2.29. The molecule has 0 radical (unpaired) electrons. The third-order valence-electron chi connectivity index (χ3n) is 1.83. The summed E-state index contributed by atoms with van der Waals surface area (Å²) in [5, 5.41) is 12.1. The smallest absolute Gasteiger partial charge is 0.412 e. The Kier molecular flexibility index (Phi) is 4.28. The lowest BCUT2D eigenvalue weighted by molar-refractivity contribution is 0.0636. The van der Waals surface area contributed by atoms with Gasteiger partial charge in [0.05, 0.1) is 4.90 Å². The van der Waals surface area contributed by atoms with Gasteiger partial charge in [-0.25, -0.2) is 4.79 Å². The number of anilines is 1. The van der Waals surface area contributed by atoms with Crippen molar-refractivity contribution >= 4 is 23.5 Å². The Morgan fingerprint density at radius 2 is 2.06 bits per heavy atom. The number of nitrogens with one attached hydrogen (secondary N) is 1. The summed E-state index contributed by atoms with van der Waals surface area (Å²) < 4.78 is 5.13. The molecule has 17 heavy (non-hydrogen) atoms. The van der Waals surface area contributed by atoms with Crippen LogP contribution in [0.15, 0.2) is 23.1 Å². The van der Waals surface area contributed by atoms with E-state index < -0.39 is 11.7 Å². The average molecular weight is 255 g/mol. The highest BCUT2D eigenvalue weighted by atomic mass is 32.2. The second-order valence-electron chi connectivity index (χ2n) is 4.51. The number of thioether (sulfide) groups is 1. The van der Waals surface area contributed by atoms with Crippen molar-refractivity contribution < 1.29 is 14.6 Å². The minimum Gasteiger partial charge on any atom is -0.507 e. The van der Waals surface area contributed by atoms with Crippen LogP contribution in [-0.4, -0.2) is 23.1 Å². The van der Waals surface area contributed by atoms with Crippen LogP contribution in [0.1, 0.15) is 20.8 Å². The first-order valence-electron chi connectivity index (χ1n) is 5.19. The van der Waals surface area contributed by atoms with E-state index in [4.69, 9.17) is 4.74 Å². The summed E-state index contributed by atoms with van der Waals surface area (Å²) in [6, 6.07) is 4.86. The van der Waals surface area contributed by atoms with Crippen molar-refractivity contribution in [2.75, 3.05) is 11.6 Å². The summed E-state index contributed by atoms with van der Waals surface area (Å²) >= 11 is 1.41. The summed E-state index contributed by atoms with van der Waals surface area (Å²) in [6.45, 7) is 5.41. The fourth-order valence-electron chi connectivity index (χ4n) is 1.18. The first kappa shape index (κ1) is 13.7. The highest BCUT2D eigenvalue weighted by molar-refractivity contribution is 7.98. The monoisotopic (exact) mass is 255 g/mol. The normalized spacial score (nSPS) is 11.1. The molecule has 0 heterocycles. The largest absolute Gasteiger partial charge is 0.507 e. The van der Waals surface area contributed by atoms with Crippen molar-refractivity contribution in [2.24, 2.45) is 0 Å². The Bertz CT molecular complexity index is 413. The number of ether oxygens (including phenoxy) is 1. The fraction of sp³-hybridized carbons (Fsp3) is 0.417. The van der Waals surface area contributed by atoms with E-state index in [0.717, 1.165) is 0 Å². The maximum absolute atomic E-state index is 11.5. The van der Waals surface area contributed by atoms with Crippen molar-refractivity contribution in [3.05, 3.63) is 18.2 Å². The lowest BCUT2D eigenvalue weighted by Crippen LogP contribution is -2.27. The molecule has 1 aromatic carbocycles. The van der Waals surface area contributed by atoms with E-state index in [-0.39, 0.29) is 5.75 Å². The molecule has 0 aliphatic carbocycles. The number of carbonyl (C=O) groups excluding carboxylic acids is 1. The van der Waals surface area contributed by atoms with Gasteiger partial charge in [-0.3, -0.25) is 5.32 Å². The van der Waals surface area contributed by atoms with Crippen LogP contribution >= 0.6 is 11.8 Å². The molecule has 0 aromatic heterocycles. The Morgan fingerprint density at radius 1 is 1.41 bits per heavy atom.